The Hall–Kier alpha value is -0.120. The van der Waals surface area contributed by atoms with Gasteiger partial charge in [-0.1, -0.05) is 0 Å². The SMILES string of the molecule is COCCNC[NH]. The first-order chi connectivity index (χ1) is 3.41. The maximum absolute atomic E-state index is 6.61. The summed E-state index contributed by atoms with van der Waals surface area (Å²) in [7, 11) is 1.64. The summed E-state index contributed by atoms with van der Waals surface area (Å²) in [5.41, 5.74) is 6.61. The number of hydrogen-bond donors (Lipinski definition) is 1. The molecule has 43 valence electrons. The van der Waals surface area contributed by atoms with Crippen LogP contribution in [0.3, 0.4) is 0 Å². The van der Waals surface area contributed by atoms with E-state index in [9.17, 15) is 0 Å². The van der Waals surface area contributed by atoms with Gasteiger partial charge in [-0.05, 0) is 0 Å². The van der Waals surface area contributed by atoms with Crippen LogP contribution in [0.1, 0.15) is 0 Å². The summed E-state index contributed by atoms with van der Waals surface area (Å²) in [6, 6.07) is 0. The van der Waals surface area contributed by atoms with Gasteiger partial charge in [-0.25, -0.2) is 5.73 Å². The monoisotopic (exact) mass is 103 g/mol. The van der Waals surface area contributed by atoms with E-state index in [-0.39, 0.29) is 6.67 Å². The molecule has 0 aliphatic rings. The van der Waals surface area contributed by atoms with Gasteiger partial charge in [-0.2, -0.15) is 0 Å². The molecule has 0 spiro atoms. The van der Waals surface area contributed by atoms with E-state index in [0.717, 1.165) is 6.54 Å². The second-order valence-electron chi connectivity index (χ2n) is 1.17. The van der Waals surface area contributed by atoms with Crippen molar-refractivity contribution in [3.8, 4) is 0 Å². The summed E-state index contributed by atoms with van der Waals surface area (Å²) in [4.78, 5) is 0. The molecule has 2 N–H and O–H groups in total. The summed E-state index contributed by atoms with van der Waals surface area (Å²) in [5, 5.41) is 2.79. The molecule has 1 radical (unpaired) electrons. The second-order valence-corrected chi connectivity index (χ2v) is 1.17. The number of rotatable bonds is 4. The fourth-order valence-electron chi connectivity index (χ4n) is 0.263. The van der Waals surface area contributed by atoms with Crippen molar-refractivity contribution in [1.82, 2.24) is 11.1 Å². The molecule has 3 nitrogen and oxygen atoms in total. The summed E-state index contributed by atoms with van der Waals surface area (Å²) in [6.07, 6.45) is 0. The van der Waals surface area contributed by atoms with Gasteiger partial charge in [-0.15, -0.1) is 0 Å². The molecule has 0 heterocycles. The molecule has 7 heavy (non-hydrogen) atoms. The number of ether oxygens (including phenoxy) is 1. The highest BCUT2D eigenvalue weighted by atomic mass is 16.5. The lowest BCUT2D eigenvalue weighted by Gasteiger charge is -1.95. The van der Waals surface area contributed by atoms with Gasteiger partial charge < -0.3 is 10.1 Å². The summed E-state index contributed by atoms with van der Waals surface area (Å²) in [5.74, 6) is 0. The molecule has 0 aliphatic carbocycles. The molecule has 0 aromatic rings. The normalized spacial score (nSPS) is 9.43. The summed E-state index contributed by atoms with van der Waals surface area (Å²) < 4.78 is 4.70. The number of hydrogen-bond acceptors (Lipinski definition) is 2. The minimum Gasteiger partial charge on any atom is -0.383 e. The quantitative estimate of drug-likeness (QED) is 0.486. The van der Waals surface area contributed by atoms with Gasteiger partial charge in [0.05, 0.1) is 13.3 Å². The van der Waals surface area contributed by atoms with E-state index in [1.165, 1.54) is 0 Å². The maximum Gasteiger partial charge on any atom is 0.0591 e. The minimum atomic E-state index is 0.281. The van der Waals surface area contributed by atoms with E-state index in [2.05, 4.69) is 5.32 Å². The van der Waals surface area contributed by atoms with Gasteiger partial charge in [0.25, 0.3) is 0 Å². The van der Waals surface area contributed by atoms with Crippen molar-refractivity contribution in [2.24, 2.45) is 0 Å². The summed E-state index contributed by atoms with van der Waals surface area (Å²) in [6.45, 7) is 1.75. The Morgan fingerprint density at radius 2 is 2.43 bits per heavy atom. The Labute approximate surface area is 43.8 Å². The third-order valence-corrected chi connectivity index (χ3v) is 0.608. The van der Waals surface area contributed by atoms with Crippen LogP contribution in [-0.2, 0) is 4.74 Å². The van der Waals surface area contributed by atoms with Crippen LogP contribution in [0.4, 0.5) is 0 Å². The molecular formula is C4H11N2O. The summed E-state index contributed by atoms with van der Waals surface area (Å²) >= 11 is 0. The van der Waals surface area contributed by atoms with Crippen molar-refractivity contribution in [2.75, 3.05) is 26.9 Å². The van der Waals surface area contributed by atoms with Crippen molar-refractivity contribution in [2.45, 2.75) is 0 Å². The van der Waals surface area contributed by atoms with E-state index >= 15 is 0 Å². The van der Waals surface area contributed by atoms with Crippen molar-refractivity contribution >= 4 is 0 Å². The molecule has 0 rings (SSSR count). The highest BCUT2D eigenvalue weighted by Gasteiger charge is 1.77. The molecule has 0 bridgehead atoms. The van der Waals surface area contributed by atoms with Gasteiger partial charge in [0.15, 0.2) is 0 Å². The lowest BCUT2D eigenvalue weighted by Crippen LogP contribution is -2.20. The molecule has 0 amide bonds. The number of nitrogens with one attached hydrogen (secondary N) is 2. The lowest BCUT2D eigenvalue weighted by molar-refractivity contribution is 0.199. The first kappa shape index (κ1) is 6.88. The first-order valence-electron chi connectivity index (χ1n) is 2.26. The van der Waals surface area contributed by atoms with Crippen molar-refractivity contribution in [1.29, 1.82) is 0 Å². The molecule has 0 saturated heterocycles. The lowest BCUT2D eigenvalue weighted by atomic mass is 10.7. The molecule has 0 unspecified atom stereocenters. The predicted molar refractivity (Wildman–Crippen MR) is 27.8 cm³/mol. The number of methoxy groups -OCH3 is 1. The fourth-order valence-corrected chi connectivity index (χ4v) is 0.263. The van der Waals surface area contributed by atoms with Gasteiger partial charge in [0.2, 0.25) is 0 Å². The molecule has 0 atom stereocenters. The zero-order valence-corrected chi connectivity index (χ0v) is 4.53. The van der Waals surface area contributed by atoms with E-state index in [1.54, 1.807) is 7.11 Å². The van der Waals surface area contributed by atoms with E-state index < -0.39 is 0 Å². The van der Waals surface area contributed by atoms with Crippen LogP contribution in [-0.4, -0.2) is 26.9 Å². The molecule has 0 aromatic heterocycles. The molecule has 0 aromatic carbocycles. The fraction of sp³-hybridized carbons (Fsp3) is 1.00. The average molecular weight is 103 g/mol. The molecular weight excluding hydrogens is 92.1 g/mol. The Morgan fingerprint density at radius 1 is 1.71 bits per heavy atom. The van der Waals surface area contributed by atoms with Crippen LogP contribution in [0.15, 0.2) is 0 Å². The Morgan fingerprint density at radius 3 is 2.86 bits per heavy atom. The standard InChI is InChI=1S/C4H11N2O/c1-7-3-2-6-4-5/h5-6H,2-4H2,1H3. The van der Waals surface area contributed by atoms with E-state index in [4.69, 9.17) is 10.5 Å². The third-order valence-electron chi connectivity index (χ3n) is 0.608. The highest BCUT2D eigenvalue weighted by molar-refractivity contribution is 4.35. The van der Waals surface area contributed by atoms with Crippen LogP contribution in [0.2, 0.25) is 0 Å². The highest BCUT2D eigenvalue weighted by Crippen LogP contribution is 1.59. The van der Waals surface area contributed by atoms with E-state index in [1.807, 2.05) is 0 Å². The van der Waals surface area contributed by atoms with Crippen molar-refractivity contribution in [3.05, 3.63) is 0 Å². The van der Waals surface area contributed by atoms with Crippen LogP contribution in [0, 0.1) is 0 Å². The first-order valence-corrected chi connectivity index (χ1v) is 2.26. The van der Waals surface area contributed by atoms with Crippen LogP contribution >= 0.6 is 0 Å². The maximum atomic E-state index is 6.61. The minimum absolute atomic E-state index is 0.281. The topological polar surface area (TPSA) is 45.1 Å². The van der Waals surface area contributed by atoms with E-state index in [0.29, 0.717) is 6.61 Å². The Bertz CT molecular complexity index is 28.9. The zero-order chi connectivity index (χ0) is 5.54. The van der Waals surface area contributed by atoms with Crippen molar-refractivity contribution < 1.29 is 4.74 Å². The molecule has 3 heteroatoms. The predicted octanol–water partition coefficient (Wildman–Crippen LogP) is -0.537. The van der Waals surface area contributed by atoms with Crippen LogP contribution in [0.25, 0.3) is 0 Å². The Balaban J connectivity index is 2.45. The zero-order valence-electron chi connectivity index (χ0n) is 4.53. The Kier molecular flexibility index (Phi) is 5.78. The average Bonchev–Trinajstić information content (AvgIpc) is 1.69. The third kappa shape index (κ3) is 5.88. The van der Waals surface area contributed by atoms with Gasteiger partial charge in [0, 0.05) is 13.7 Å². The molecule has 0 aliphatic heterocycles. The molecule has 0 saturated carbocycles. The second kappa shape index (κ2) is 5.88. The van der Waals surface area contributed by atoms with Gasteiger partial charge in [0.1, 0.15) is 0 Å². The molecule has 0 fully saturated rings. The van der Waals surface area contributed by atoms with Gasteiger partial charge in [-0.3, -0.25) is 0 Å². The van der Waals surface area contributed by atoms with Gasteiger partial charge >= 0.3 is 0 Å². The largest absolute Gasteiger partial charge is 0.383 e. The van der Waals surface area contributed by atoms with Crippen LogP contribution < -0.4 is 11.1 Å². The van der Waals surface area contributed by atoms with Crippen LogP contribution in [0.5, 0.6) is 0 Å². The smallest absolute Gasteiger partial charge is 0.0591 e. The van der Waals surface area contributed by atoms with Crippen molar-refractivity contribution in [3.63, 3.8) is 0 Å².